The van der Waals surface area contributed by atoms with E-state index in [1.54, 1.807) is 0 Å². The second-order valence-electron chi connectivity index (χ2n) is 4.31. The van der Waals surface area contributed by atoms with Gasteiger partial charge in [-0.25, -0.2) is 4.98 Å². The van der Waals surface area contributed by atoms with Gasteiger partial charge in [0.05, 0.1) is 6.61 Å². The molecule has 13 heteroatoms. The molecule has 0 bridgehead atoms. The SMILES string of the molecule is Nc1nc2c(ncn2OC[C@H]2COP(=O)([O-])CO2)c(=O)[nH]1.[Na+]. The van der Waals surface area contributed by atoms with Crippen LogP contribution in [0.4, 0.5) is 5.95 Å². The molecule has 2 atom stereocenters. The van der Waals surface area contributed by atoms with Crippen molar-refractivity contribution >= 4 is 24.7 Å². The molecule has 1 aliphatic rings. The molecule has 0 spiro atoms. The summed E-state index contributed by atoms with van der Waals surface area (Å²) >= 11 is 0. The number of rotatable bonds is 3. The summed E-state index contributed by atoms with van der Waals surface area (Å²) in [5.74, 6) is -0.0672. The molecule has 3 heterocycles. The van der Waals surface area contributed by atoms with Crippen LogP contribution in [0.3, 0.4) is 0 Å². The van der Waals surface area contributed by atoms with E-state index in [0.717, 1.165) is 4.73 Å². The van der Waals surface area contributed by atoms with E-state index in [-0.39, 0.29) is 59.9 Å². The minimum atomic E-state index is -3.88. The summed E-state index contributed by atoms with van der Waals surface area (Å²) < 4.78 is 21.9. The number of nitrogens with zero attached hydrogens (tertiary/aromatic N) is 3. The van der Waals surface area contributed by atoms with E-state index in [0.29, 0.717) is 0 Å². The van der Waals surface area contributed by atoms with Crippen LogP contribution in [-0.4, -0.2) is 45.3 Å². The minimum absolute atomic E-state index is 0. The second-order valence-corrected chi connectivity index (χ2v) is 6.05. The molecule has 22 heavy (non-hydrogen) atoms. The Morgan fingerprint density at radius 3 is 3.09 bits per heavy atom. The molecule has 0 radical (unpaired) electrons. The molecule has 1 saturated heterocycles. The molecule has 0 amide bonds. The molecule has 11 nitrogen and oxygen atoms in total. The maximum Gasteiger partial charge on any atom is 1.00 e. The smallest absolute Gasteiger partial charge is 0.777 e. The molecule has 2 aromatic rings. The van der Waals surface area contributed by atoms with Crippen LogP contribution in [0.25, 0.3) is 11.2 Å². The van der Waals surface area contributed by atoms with Crippen molar-refractivity contribution in [2.45, 2.75) is 6.10 Å². The summed E-state index contributed by atoms with van der Waals surface area (Å²) in [7, 11) is -3.88. The molecule has 2 aromatic heterocycles. The van der Waals surface area contributed by atoms with Gasteiger partial charge in [0.25, 0.3) is 5.56 Å². The molecule has 0 aromatic carbocycles. The van der Waals surface area contributed by atoms with Crippen molar-refractivity contribution in [3.8, 4) is 0 Å². The van der Waals surface area contributed by atoms with Crippen LogP contribution in [0.5, 0.6) is 0 Å². The first-order valence-corrected chi connectivity index (χ1v) is 7.60. The van der Waals surface area contributed by atoms with Crippen LogP contribution < -0.4 is 50.6 Å². The summed E-state index contributed by atoms with van der Waals surface area (Å²) in [5.41, 5.74) is 5.20. The van der Waals surface area contributed by atoms with Crippen LogP contribution >= 0.6 is 7.60 Å². The molecule has 0 aliphatic carbocycles. The molecule has 3 N–H and O–H groups in total. The number of anilines is 1. The largest absolute Gasteiger partial charge is 1.00 e. The van der Waals surface area contributed by atoms with Crippen molar-refractivity contribution in [2.24, 2.45) is 0 Å². The van der Waals surface area contributed by atoms with Crippen molar-refractivity contribution in [1.82, 2.24) is 19.7 Å². The fourth-order valence-electron chi connectivity index (χ4n) is 1.74. The molecule has 3 rings (SSSR count). The standard InChI is InChI=1S/C9H12N5O6P.Na/c10-9-12-7-6(8(15)13-9)11-3-14(7)19-1-5-2-20-21(16,17)4-18-5;/h3,5H,1-2,4H2,(H,16,17)(H3,10,12,13,15);/q;+1/p-1/t5-;/m0./s1. The quantitative estimate of drug-likeness (QED) is 0.413. The van der Waals surface area contributed by atoms with Crippen LogP contribution in [0.2, 0.25) is 0 Å². The third kappa shape index (κ3) is 3.69. The van der Waals surface area contributed by atoms with Gasteiger partial charge in [0.15, 0.2) is 13.1 Å². The number of hydrogen-bond acceptors (Lipinski definition) is 9. The zero-order valence-corrected chi connectivity index (χ0v) is 14.5. The number of H-pyrrole nitrogens is 1. The predicted octanol–water partition coefficient (Wildman–Crippen LogP) is -4.94. The third-order valence-corrected chi connectivity index (χ3v) is 3.73. The van der Waals surface area contributed by atoms with Gasteiger partial charge in [0.1, 0.15) is 25.4 Å². The first kappa shape index (κ1) is 17.4. The molecule has 0 saturated carbocycles. The summed E-state index contributed by atoms with van der Waals surface area (Å²) in [4.78, 5) is 38.1. The van der Waals surface area contributed by atoms with E-state index in [4.69, 9.17) is 15.3 Å². The topological polar surface area (TPSA) is 157 Å². The normalized spacial score (nSPS) is 24.9. The fourth-order valence-corrected chi connectivity index (χ4v) is 2.60. The van der Waals surface area contributed by atoms with Crippen molar-refractivity contribution in [1.29, 1.82) is 0 Å². The number of fused-ring (bicyclic) bond motifs is 1. The Labute approximate surface area is 145 Å². The van der Waals surface area contributed by atoms with E-state index in [9.17, 15) is 14.3 Å². The summed E-state index contributed by atoms with van der Waals surface area (Å²) in [6, 6.07) is 0. The van der Waals surface area contributed by atoms with Gasteiger partial charge in [0, 0.05) is 0 Å². The molecule has 1 aliphatic heterocycles. The Kier molecular flexibility index (Phi) is 5.28. The third-order valence-electron chi connectivity index (χ3n) is 2.72. The predicted molar refractivity (Wildman–Crippen MR) is 67.3 cm³/mol. The molecular weight excluding hydrogens is 328 g/mol. The summed E-state index contributed by atoms with van der Waals surface area (Å²) in [5, 5.41) is 0. The Morgan fingerprint density at radius 1 is 1.64 bits per heavy atom. The van der Waals surface area contributed by atoms with Crippen molar-refractivity contribution in [3.63, 3.8) is 0 Å². The molecule has 1 unspecified atom stereocenters. The van der Waals surface area contributed by atoms with Gasteiger partial charge in [0.2, 0.25) is 11.6 Å². The number of nitrogens with two attached hydrogens (primary N) is 1. The zero-order valence-electron chi connectivity index (χ0n) is 11.6. The summed E-state index contributed by atoms with van der Waals surface area (Å²) in [6.07, 6.45) is 0.197. The van der Waals surface area contributed by atoms with Gasteiger partial charge in [-0.05, 0) is 0 Å². The van der Waals surface area contributed by atoms with E-state index in [2.05, 4.69) is 19.5 Å². The zero-order chi connectivity index (χ0) is 15.0. The Balaban J connectivity index is 0.00000176. The summed E-state index contributed by atoms with van der Waals surface area (Å²) in [6.45, 7) is -0.136. The van der Waals surface area contributed by atoms with E-state index >= 15 is 0 Å². The van der Waals surface area contributed by atoms with Crippen molar-refractivity contribution in [2.75, 3.05) is 25.3 Å². The average Bonchev–Trinajstić information content (AvgIpc) is 2.81. The van der Waals surface area contributed by atoms with E-state index < -0.39 is 25.6 Å². The molecular formula is C9H11N5NaO6P. The van der Waals surface area contributed by atoms with Crippen molar-refractivity contribution in [3.05, 3.63) is 16.7 Å². The van der Waals surface area contributed by atoms with Gasteiger partial charge in [-0.15, -0.1) is 0 Å². The maximum absolute atomic E-state index is 11.6. The number of aromatic amines is 1. The molecule has 114 valence electrons. The van der Waals surface area contributed by atoms with Gasteiger partial charge in [-0.1, -0.05) is 0 Å². The Bertz CT molecular complexity index is 765. The number of aromatic nitrogens is 4. The molecule has 1 fully saturated rings. The van der Waals surface area contributed by atoms with Crippen LogP contribution in [0.15, 0.2) is 11.1 Å². The number of hydrogen-bond donors (Lipinski definition) is 2. The monoisotopic (exact) mass is 339 g/mol. The van der Waals surface area contributed by atoms with Gasteiger partial charge >= 0.3 is 29.6 Å². The Morgan fingerprint density at radius 2 is 2.41 bits per heavy atom. The van der Waals surface area contributed by atoms with Gasteiger partial charge < -0.3 is 29.3 Å². The number of imidazole rings is 1. The van der Waals surface area contributed by atoms with Crippen LogP contribution in [0, 0.1) is 0 Å². The average molecular weight is 339 g/mol. The van der Waals surface area contributed by atoms with Crippen molar-refractivity contribution < 1.29 is 53.1 Å². The first-order valence-electron chi connectivity index (χ1n) is 5.87. The maximum atomic E-state index is 11.6. The van der Waals surface area contributed by atoms with Crippen LogP contribution in [-0.2, 0) is 13.8 Å². The van der Waals surface area contributed by atoms with Gasteiger partial charge in [-0.3, -0.25) is 9.78 Å². The second kappa shape index (κ2) is 6.67. The number of ether oxygens (including phenoxy) is 1. The van der Waals surface area contributed by atoms with Gasteiger partial charge in [-0.2, -0.15) is 9.71 Å². The Hall–Kier alpha value is -0.940. The number of nitrogens with one attached hydrogen (secondary N) is 1. The fraction of sp³-hybridized carbons (Fsp3) is 0.444. The van der Waals surface area contributed by atoms with Crippen LogP contribution in [0.1, 0.15) is 0 Å². The first-order chi connectivity index (χ1) is 9.94. The minimum Gasteiger partial charge on any atom is -0.777 e. The van der Waals surface area contributed by atoms with E-state index in [1.807, 2.05) is 0 Å². The van der Waals surface area contributed by atoms with E-state index in [1.165, 1.54) is 6.33 Å². The number of nitrogen functional groups attached to an aromatic ring is 1.